The summed E-state index contributed by atoms with van der Waals surface area (Å²) in [5.74, 6) is 1.76. The van der Waals surface area contributed by atoms with E-state index in [-0.39, 0.29) is 5.92 Å². The Morgan fingerprint density at radius 2 is 1.88 bits per heavy atom. The third-order valence-electron chi connectivity index (χ3n) is 4.66. The molecule has 2 atom stereocenters. The van der Waals surface area contributed by atoms with Crippen molar-refractivity contribution < 1.29 is 4.79 Å². The number of carbonyl (C=O) groups excluding carboxylic acids is 1. The monoisotopic (exact) mass is 238 g/mol. The van der Waals surface area contributed by atoms with Crippen molar-refractivity contribution in [3.05, 3.63) is 0 Å². The van der Waals surface area contributed by atoms with Gasteiger partial charge in [-0.15, -0.1) is 0 Å². The molecule has 17 heavy (non-hydrogen) atoms. The molecule has 0 radical (unpaired) electrons. The third kappa shape index (κ3) is 3.01. The van der Waals surface area contributed by atoms with E-state index in [2.05, 4.69) is 0 Å². The smallest absolute Gasteiger partial charge is 0.225 e. The molecule has 2 aliphatic rings. The molecule has 2 fully saturated rings. The fourth-order valence-corrected chi connectivity index (χ4v) is 3.25. The first-order chi connectivity index (χ1) is 8.22. The van der Waals surface area contributed by atoms with Gasteiger partial charge in [0.2, 0.25) is 5.91 Å². The van der Waals surface area contributed by atoms with E-state index in [0.717, 1.165) is 25.3 Å². The van der Waals surface area contributed by atoms with Crippen LogP contribution in [0.25, 0.3) is 0 Å². The Bertz CT molecular complexity index is 263. The molecule has 98 valence electrons. The molecule has 2 unspecified atom stereocenters. The second-order valence-corrected chi connectivity index (χ2v) is 5.90. The molecule has 2 N–H and O–H groups in total. The van der Waals surface area contributed by atoms with E-state index >= 15 is 0 Å². The molecule has 0 aliphatic heterocycles. The highest BCUT2D eigenvalue weighted by Gasteiger charge is 2.32. The summed E-state index contributed by atoms with van der Waals surface area (Å²) in [7, 11) is 1.98. The van der Waals surface area contributed by atoms with Crippen LogP contribution in [0.1, 0.15) is 44.9 Å². The van der Waals surface area contributed by atoms with E-state index in [1.54, 1.807) is 0 Å². The Morgan fingerprint density at radius 3 is 2.47 bits per heavy atom. The zero-order chi connectivity index (χ0) is 12.3. The summed E-state index contributed by atoms with van der Waals surface area (Å²) in [6.45, 7) is 1.64. The third-order valence-corrected chi connectivity index (χ3v) is 4.66. The van der Waals surface area contributed by atoms with E-state index in [4.69, 9.17) is 5.73 Å². The molecular weight excluding hydrogens is 212 g/mol. The summed E-state index contributed by atoms with van der Waals surface area (Å²) in [5.41, 5.74) is 5.80. The topological polar surface area (TPSA) is 46.3 Å². The van der Waals surface area contributed by atoms with Crippen LogP contribution in [0.4, 0.5) is 0 Å². The quantitative estimate of drug-likeness (QED) is 0.814. The van der Waals surface area contributed by atoms with Crippen LogP contribution in [0.2, 0.25) is 0 Å². The van der Waals surface area contributed by atoms with Gasteiger partial charge in [0.15, 0.2) is 0 Å². The fraction of sp³-hybridized carbons (Fsp3) is 0.929. The lowest BCUT2D eigenvalue weighted by Crippen LogP contribution is -2.43. The summed E-state index contributed by atoms with van der Waals surface area (Å²) in [6.07, 6.45) is 8.61. The molecule has 2 rings (SSSR count). The minimum Gasteiger partial charge on any atom is -0.345 e. The number of amides is 1. The molecule has 0 aromatic carbocycles. The molecule has 1 amide bonds. The molecule has 3 nitrogen and oxygen atoms in total. The number of rotatable bonds is 4. The van der Waals surface area contributed by atoms with Gasteiger partial charge < -0.3 is 10.6 Å². The van der Waals surface area contributed by atoms with Gasteiger partial charge in [0.25, 0.3) is 0 Å². The van der Waals surface area contributed by atoms with Gasteiger partial charge >= 0.3 is 0 Å². The highest BCUT2D eigenvalue weighted by atomic mass is 16.2. The van der Waals surface area contributed by atoms with Crippen LogP contribution < -0.4 is 5.73 Å². The molecule has 0 bridgehead atoms. The maximum Gasteiger partial charge on any atom is 0.225 e. The van der Waals surface area contributed by atoms with Crippen molar-refractivity contribution >= 4 is 5.91 Å². The average molecular weight is 238 g/mol. The Kier molecular flexibility index (Phi) is 4.43. The van der Waals surface area contributed by atoms with E-state index < -0.39 is 0 Å². The standard InChI is InChI=1S/C14H26N2O/c1-16(10-11-5-4-6-11)14(17)13-8-3-2-7-12(13)9-15/h11-13H,2-10,15H2,1H3. The van der Waals surface area contributed by atoms with Crippen molar-refractivity contribution in [2.24, 2.45) is 23.5 Å². The van der Waals surface area contributed by atoms with E-state index in [1.807, 2.05) is 11.9 Å². The number of carbonyl (C=O) groups is 1. The van der Waals surface area contributed by atoms with Crippen LogP contribution in [0.3, 0.4) is 0 Å². The van der Waals surface area contributed by atoms with Gasteiger partial charge in [0.05, 0.1) is 0 Å². The Labute approximate surface area is 105 Å². The Hall–Kier alpha value is -0.570. The average Bonchev–Trinajstić information content (AvgIpc) is 2.32. The largest absolute Gasteiger partial charge is 0.345 e. The normalized spacial score (nSPS) is 29.8. The predicted octanol–water partition coefficient (Wildman–Crippen LogP) is 2.01. The maximum absolute atomic E-state index is 12.4. The van der Waals surface area contributed by atoms with Crippen LogP contribution in [0.5, 0.6) is 0 Å². The van der Waals surface area contributed by atoms with Crippen molar-refractivity contribution in [1.29, 1.82) is 0 Å². The van der Waals surface area contributed by atoms with Crippen molar-refractivity contribution in [2.45, 2.75) is 44.9 Å². The lowest BCUT2D eigenvalue weighted by Gasteiger charge is -2.35. The summed E-state index contributed by atoms with van der Waals surface area (Å²) in [4.78, 5) is 14.4. The summed E-state index contributed by atoms with van der Waals surface area (Å²) < 4.78 is 0. The predicted molar refractivity (Wildman–Crippen MR) is 69.5 cm³/mol. The minimum absolute atomic E-state index is 0.207. The zero-order valence-electron chi connectivity index (χ0n) is 11.0. The highest BCUT2D eigenvalue weighted by molar-refractivity contribution is 5.79. The molecule has 0 heterocycles. The fourth-order valence-electron chi connectivity index (χ4n) is 3.25. The molecule has 0 aromatic rings. The minimum atomic E-state index is 0.207. The molecular formula is C14H26N2O. The summed E-state index contributed by atoms with van der Waals surface area (Å²) >= 11 is 0. The van der Waals surface area contributed by atoms with E-state index in [0.29, 0.717) is 18.4 Å². The first-order valence-corrected chi connectivity index (χ1v) is 7.17. The number of nitrogens with two attached hydrogens (primary N) is 1. The van der Waals surface area contributed by atoms with E-state index in [9.17, 15) is 4.79 Å². The lowest BCUT2D eigenvalue weighted by atomic mass is 9.78. The van der Waals surface area contributed by atoms with Crippen molar-refractivity contribution in [3.8, 4) is 0 Å². The Morgan fingerprint density at radius 1 is 1.18 bits per heavy atom. The van der Waals surface area contributed by atoms with Crippen LogP contribution >= 0.6 is 0 Å². The van der Waals surface area contributed by atoms with E-state index in [1.165, 1.54) is 32.1 Å². The molecule has 0 saturated heterocycles. The van der Waals surface area contributed by atoms with Gasteiger partial charge in [-0.3, -0.25) is 4.79 Å². The lowest BCUT2D eigenvalue weighted by molar-refractivity contribution is -0.138. The van der Waals surface area contributed by atoms with Crippen LogP contribution in [-0.4, -0.2) is 30.9 Å². The van der Waals surface area contributed by atoms with Gasteiger partial charge in [-0.1, -0.05) is 19.3 Å². The number of nitrogens with zero attached hydrogens (tertiary/aromatic N) is 1. The molecule has 0 spiro atoms. The van der Waals surface area contributed by atoms with Crippen LogP contribution in [0, 0.1) is 17.8 Å². The molecule has 0 aromatic heterocycles. The van der Waals surface area contributed by atoms with Gasteiger partial charge in [-0.05, 0) is 44.1 Å². The first kappa shape index (κ1) is 12.9. The molecule has 2 saturated carbocycles. The first-order valence-electron chi connectivity index (χ1n) is 7.17. The summed E-state index contributed by atoms with van der Waals surface area (Å²) in [5, 5.41) is 0. The Balaban J connectivity index is 1.87. The molecule has 2 aliphatic carbocycles. The molecule has 3 heteroatoms. The summed E-state index contributed by atoms with van der Waals surface area (Å²) in [6, 6.07) is 0. The van der Waals surface area contributed by atoms with Crippen molar-refractivity contribution in [1.82, 2.24) is 4.90 Å². The maximum atomic E-state index is 12.4. The second-order valence-electron chi connectivity index (χ2n) is 5.90. The number of hydrogen-bond donors (Lipinski definition) is 1. The van der Waals surface area contributed by atoms with Gasteiger partial charge in [0.1, 0.15) is 0 Å². The van der Waals surface area contributed by atoms with Crippen LogP contribution in [-0.2, 0) is 4.79 Å². The highest BCUT2D eigenvalue weighted by Crippen LogP contribution is 2.32. The van der Waals surface area contributed by atoms with Gasteiger partial charge in [0, 0.05) is 19.5 Å². The number of hydrogen-bond acceptors (Lipinski definition) is 2. The van der Waals surface area contributed by atoms with Gasteiger partial charge in [-0.25, -0.2) is 0 Å². The van der Waals surface area contributed by atoms with Gasteiger partial charge in [-0.2, -0.15) is 0 Å². The zero-order valence-corrected chi connectivity index (χ0v) is 11.0. The van der Waals surface area contributed by atoms with Crippen molar-refractivity contribution in [3.63, 3.8) is 0 Å². The van der Waals surface area contributed by atoms with Crippen LogP contribution in [0.15, 0.2) is 0 Å². The van der Waals surface area contributed by atoms with Crippen molar-refractivity contribution in [2.75, 3.05) is 20.1 Å². The second kappa shape index (κ2) is 5.85. The SMILES string of the molecule is CN(CC1CCC1)C(=O)C1CCCCC1CN.